The third-order valence-corrected chi connectivity index (χ3v) is 3.51. The van der Waals surface area contributed by atoms with Crippen LogP contribution < -0.4 is 10.1 Å². The van der Waals surface area contributed by atoms with Gasteiger partial charge in [-0.25, -0.2) is 0 Å². The Morgan fingerprint density at radius 1 is 1.14 bits per heavy atom. The van der Waals surface area contributed by atoms with Crippen LogP contribution in [0.4, 0.5) is 0 Å². The first kappa shape index (κ1) is 18.0. The first-order chi connectivity index (χ1) is 10.2. The molecular formula is C18H31NO2. The Balaban J connectivity index is 2.33. The van der Waals surface area contributed by atoms with Gasteiger partial charge in [0.2, 0.25) is 0 Å². The fraction of sp³-hybridized carbons (Fsp3) is 0.667. The third kappa shape index (κ3) is 8.08. The largest absolute Gasteiger partial charge is 0.494 e. The van der Waals surface area contributed by atoms with Crippen molar-refractivity contribution in [2.45, 2.75) is 59.0 Å². The van der Waals surface area contributed by atoms with Gasteiger partial charge in [0.05, 0.1) is 13.2 Å². The summed E-state index contributed by atoms with van der Waals surface area (Å²) in [4.78, 5) is 0. The topological polar surface area (TPSA) is 41.5 Å². The SMILES string of the molecule is CCCCCOc1ccc(CNC(CO)CC(C)C)cc1. The molecule has 1 aromatic rings. The summed E-state index contributed by atoms with van der Waals surface area (Å²) in [5, 5.41) is 12.8. The Labute approximate surface area is 129 Å². The lowest BCUT2D eigenvalue weighted by Gasteiger charge is -2.18. The second kappa shape index (κ2) is 10.6. The summed E-state index contributed by atoms with van der Waals surface area (Å²) in [6.45, 7) is 8.32. The lowest BCUT2D eigenvalue weighted by Crippen LogP contribution is -2.33. The monoisotopic (exact) mass is 293 g/mol. The number of ether oxygens (including phenoxy) is 1. The minimum Gasteiger partial charge on any atom is -0.494 e. The molecule has 1 atom stereocenters. The van der Waals surface area contributed by atoms with Crippen LogP contribution in [0.5, 0.6) is 5.75 Å². The Kier molecular flexibility index (Phi) is 9.11. The summed E-state index contributed by atoms with van der Waals surface area (Å²) in [5.41, 5.74) is 1.22. The molecule has 120 valence electrons. The molecule has 0 saturated carbocycles. The highest BCUT2D eigenvalue weighted by atomic mass is 16.5. The van der Waals surface area contributed by atoms with Crippen molar-refractivity contribution in [1.29, 1.82) is 0 Å². The standard InChI is InChI=1S/C18H31NO2/c1-4-5-6-11-21-18-9-7-16(8-10-18)13-19-17(14-20)12-15(2)3/h7-10,15,17,19-20H,4-6,11-14H2,1-3H3. The van der Waals surface area contributed by atoms with E-state index in [1.165, 1.54) is 18.4 Å². The van der Waals surface area contributed by atoms with Gasteiger partial charge < -0.3 is 15.2 Å². The van der Waals surface area contributed by atoms with E-state index < -0.39 is 0 Å². The van der Waals surface area contributed by atoms with Crippen LogP contribution in [0.2, 0.25) is 0 Å². The van der Waals surface area contributed by atoms with Gasteiger partial charge in [-0.05, 0) is 36.5 Å². The normalized spacial score (nSPS) is 12.6. The van der Waals surface area contributed by atoms with Crippen molar-refractivity contribution in [3.8, 4) is 5.75 Å². The molecule has 1 aromatic carbocycles. The molecule has 1 unspecified atom stereocenters. The average molecular weight is 293 g/mol. The first-order valence-electron chi connectivity index (χ1n) is 8.21. The molecule has 3 nitrogen and oxygen atoms in total. The van der Waals surface area contributed by atoms with Gasteiger partial charge in [0.1, 0.15) is 5.75 Å². The van der Waals surface area contributed by atoms with E-state index in [9.17, 15) is 5.11 Å². The maximum absolute atomic E-state index is 9.36. The molecule has 1 rings (SSSR count). The molecule has 0 radical (unpaired) electrons. The van der Waals surface area contributed by atoms with Crippen molar-refractivity contribution in [2.75, 3.05) is 13.2 Å². The highest BCUT2D eigenvalue weighted by molar-refractivity contribution is 5.27. The zero-order valence-electron chi connectivity index (χ0n) is 13.8. The molecule has 3 heteroatoms. The summed E-state index contributed by atoms with van der Waals surface area (Å²) in [5.74, 6) is 1.53. The van der Waals surface area contributed by atoms with Crippen molar-refractivity contribution >= 4 is 0 Å². The van der Waals surface area contributed by atoms with E-state index >= 15 is 0 Å². The fourth-order valence-corrected chi connectivity index (χ4v) is 2.30. The quantitative estimate of drug-likeness (QED) is 0.611. The first-order valence-corrected chi connectivity index (χ1v) is 8.21. The van der Waals surface area contributed by atoms with Gasteiger partial charge in [-0.1, -0.05) is 45.7 Å². The molecule has 0 heterocycles. The van der Waals surface area contributed by atoms with Crippen molar-refractivity contribution < 1.29 is 9.84 Å². The molecule has 0 bridgehead atoms. The molecule has 0 aliphatic heterocycles. The van der Waals surface area contributed by atoms with Crippen molar-refractivity contribution in [3.63, 3.8) is 0 Å². The molecule has 0 amide bonds. The number of nitrogens with one attached hydrogen (secondary N) is 1. The summed E-state index contributed by atoms with van der Waals surface area (Å²) in [6, 6.07) is 8.41. The van der Waals surface area contributed by atoms with Crippen molar-refractivity contribution in [3.05, 3.63) is 29.8 Å². The lowest BCUT2D eigenvalue weighted by molar-refractivity contribution is 0.223. The van der Waals surface area contributed by atoms with E-state index in [4.69, 9.17) is 4.74 Å². The fourth-order valence-electron chi connectivity index (χ4n) is 2.30. The number of hydrogen-bond donors (Lipinski definition) is 2. The molecule has 0 fully saturated rings. The molecule has 0 saturated heterocycles. The van der Waals surface area contributed by atoms with Gasteiger partial charge in [-0.2, -0.15) is 0 Å². The van der Waals surface area contributed by atoms with Crippen molar-refractivity contribution in [2.24, 2.45) is 5.92 Å². The maximum Gasteiger partial charge on any atom is 0.119 e. The van der Waals surface area contributed by atoms with Gasteiger partial charge in [0.25, 0.3) is 0 Å². The van der Waals surface area contributed by atoms with Crippen LogP contribution in [0, 0.1) is 5.92 Å². The average Bonchev–Trinajstić information content (AvgIpc) is 2.49. The zero-order valence-corrected chi connectivity index (χ0v) is 13.8. The zero-order chi connectivity index (χ0) is 15.5. The van der Waals surface area contributed by atoms with E-state index in [1.54, 1.807) is 0 Å². The summed E-state index contributed by atoms with van der Waals surface area (Å²) in [7, 11) is 0. The van der Waals surface area contributed by atoms with Gasteiger partial charge in [0, 0.05) is 12.6 Å². The predicted octanol–water partition coefficient (Wildman–Crippen LogP) is 3.75. The van der Waals surface area contributed by atoms with Gasteiger partial charge >= 0.3 is 0 Å². The number of hydrogen-bond acceptors (Lipinski definition) is 3. The molecule has 0 aliphatic rings. The van der Waals surface area contributed by atoms with Crippen LogP contribution in [-0.4, -0.2) is 24.4 Å². The van der Waals surface area contributed by atoms with Crippen LogP contribution in [0.1, 0.15) is 52.0 Å². The highest BCUT2D eigenvalue weighted by Gasteiger charge is 2.08. The molecular weight excluding hydrogens is 262 g/mol. The van der Waals surface area contributed by atoms with E-state index in [0.717, 1.165) is 31.7 Å². The lowest BCUT2D eigenvalue weighted by atomic mass is 10.0. The predicted molar refractivity (Wildman–Crippen MR) is 88.6 cm³/mol. The Morgan fingerprint density at radius 3 is 2.43 bits per heavy atom. The Morgan fingerprint density at radius 2 is 1.86 bits per heavy atom. The van der Waals surface area contributed by atoms with E-state index in [2.05, 4.69) is 38.2 Å². The van der Waals surface area contributed by atoms with Gasteiger partial charge in [-0.15, -0.1) is 0 Å². The smallest absolute Gasteiger partial charge is 0.119 e. The Bertz CT molecular complexity index is 362. The minimum atomic E-state index is 0.176. The van der Waals surface area contributed by atoms with Crippen LogP contribution in [0.3, 0.4) is 0 Å². The van der Waals surface area contributed by atoms with Gasteiger partial charge in [0.15, 0.2) is 0 Å². The van der Waals surface area contributed by atoms with Crippen LogP contribution in [0.15, 0.2) is 24.3 Å². The van der Waals surface area contributed by atoms with E-state index in [1.807, 2.05) is 12.1 Å². The third-order valence-electron chi connectivity index (χ3n) is 3.51. The van der Waals surface area contributed by atoms with Crippen LogP contribution in [-0.2, 0) is 6.54 Å². The number of unbranched alkanes of at least 4 members (excludes halogenated alkanes) is 2. The second-order valence-corrected chi connectivity index (χ2v) is 6.09. The van der Waals surface area contributed by atoms with Crippen molar-refractivity contribution in [1.82, 2.24) is 5.32 Å². The number of aliphatic hydroxyl groups is 1. The molecule has 21 heavy (non-hydrogen) atoms. The Hall–Kier alpha value is -1.06. The molecule has 0 spiro atoms. The number of benzene rings is 1. The molecule has 0 aromatic heterocycles. The second-order valence-electron chi connectivity index (χ2n) is 6.09. The summed E-state index contributed by atoms with van der Waals surface area (Å²) >= 11 is 0. The molecule has 2 N–H and O–H groups in total. The maximum atomic E-state index is 9.36. The van der Waals surface area contributed by atoms with Crippen LogP contribution >= 0.6 is 0 Å². The van der Waals surface area contributed by atoms with Gasteiger partial charge in [-0.3, -0.25) is 0 Å². The molecule has 0 aliphatic carbocycles. The van der Waals surface area contributed by atoms with Crippen LogP contribution in [0.25, 0.3) is 0 Å². The summed E-state index contributed by atoms with van der Waals surface area (Å²) < 4.78 is 5.70. The summed E-state index contributed by atoms with van der Waals surface area (Å²) in [6.07, 6.45) is 4.55. The highest BCUT2D eigenvalue weighted by Crippen LogP contribution is 2.13. The van der Waals surface area contributed by atoms with E-state index in [-0.39, 0.29) is 12.6 Å². The number of rotatable bonds is 11. The van der Waals surface area contributed by atoms with E-state index in [0.29, 0.717) is 5.92 Å². The number of aliphatic hydroxyl groups excluding tert-OH is 1. The minimum absolute atomic E-state index is 0.176.